The minimum absolute atomic E-state index is 0.164. The predicted molar refractivity (Wildman–Crippen MR) is 94.2 cm³/mol. The summed E-state index contributed by atoms with van der Waals surface area (Å²) in [6.07, 6.45) is 0.335. The Bertz CT molecular complexity index is 937. The number of benzene rings is 1. The summed E-state index contributed by atoms with van der Waals surface area (Å²) in [6.45, 7) is 0. The molecule has 8 nitrogen and oxygen atoms in total. The van der Waals surface area contributed by atoms with E-state index in [1.807, 2.05) is 34.9 Å². The van der Waals surface area contributed by atoms with Gasteiger partial charge in [0.15, 0.2) is 5.72 Å². The molecule has 3 heterocycles. The van der Waals surface area contributed by atoms with Crippen molar-refractivity contribution in [1.29, 1.82) is 0 Å². The van der Waals surface area contributed by atoms with Crippen LogP contribution >= 0.6 is 0 Å². The Kier molecular flexibility index (Phi) is 2.81. The number of fused-ring (bicyclic) bond motifs is 5. The number of nitrogen functional groups attached to an aromatic ring is 1. The molecule has 0 spiro atoms. The molecule has 0 bridgehead atoms. The van der Waals surface area contributed by atoms with Gasteiger partial charge >= 0.3 is 6.03 Å². The minimum Gasteiger partial charge on any atom is -0.399 e. The van der Waals surface area contributed by atoms with E-state index in [0.717, 1.165) is 11.3 Å². The van der Waals surface area contributed by atoms with Gasteiger partial charge in [0.25, 0.3) is 5.91 Å². The fraction of sp³-hybridized carbons (Fsp3) is 0.333. The number of rotatable bonds is 1. The molecule has 0 radical (unpaired) electrons. The van der Waals surface area contributed by atoms with E-state index in [9.17, 15) is 14.7 Å². The molecule has 4 atom stereocenters. The first-order chi connectivity index (χ1) is 12.4. The fourth-order valence-corrected chi connectivity index (χ4v) is 4.56. The summed E-state index contributed by atoms with van der Waals surface area (Å²) in [5.41, 5.74) is 7.51. The largest absolute Gasteiger partial charge is 0.399 e. The topological polar surface area (TPSA) is 113 Å². The monoisotopic (exact) mass is 353 g/mol. The van der Waals surface area contributed by atoms with Crippen molar-refractivity contribution < 1.29 is 14.7 Å². The van der Waals surface area contributed by atoms with Gasteiger partial charge in [-0.3, -0.25) is 9.69 Å². The van der Waals surface area contributed by atoms with Gasteiger partial charge in [-0.05, 0) is 29.8 Å². The van der Waals surface area contributed by atoms with Gasteiger partial charge in [0, 0.05) is 24.8 Å². The molecule has 134 valence electrons. The molecule has 2 aliphatic heterocycles. The van der Waals surface area contributed by atoms with Crippen molar-refractivity contribution in [3.8, 4) is 11.3 Å². The molecule has 1 saturated heterocycles. The number of anilines is 1. The van der Waals surface area contributed by atoms with E-state index in [2.05, 4.69) is 10.6 Å². The number of amides is 3. The standard InChI is InChI=1S/C18H19N5O3/c1-22-17(25)21-15-14-13(8-18(15,22)26)23-11(6-7-12(23)16(24)20-14)9-2-4-10(19)5-3-9/h2-7,13-15,26H,8,19H2,1H3,(H,20,24)(H,21,25)/t13-,14-,15+,18+/m1/s1. The van der Waals surface area contributed by atoms with Crippen molar-refractivity contribution in [1.82, 2.24) is 20.1 Å². The van der Waals surface area contributed by atoms with Crippen LogP contribution in [0.2, 0.25) is 0 Å². The lowest BCUT2D eigenvalue weighted by molar-refractivity contribution is -0.0560. The third-order valence-electron chi connectivity index (χ3n) is 5.93. The first-order valence-electron chi connectivity index (χ1n) is 8.55. The quantitative estimate of drug-likeness (QED) is 0.559. The van der Waals surface area contributed by atoms with E-state index in [1.165, 1.54) is 4.90 Å². The van der Waals surface area contributed by atoms with Gasteiger partial charge in [-0.2, -0.15) is 0 Å². The maximum Gasteiger partial charge on any atom is 0.319 e. The Balaban J connectivity index is 1.63. The van der Waals surface area contributed by atoms with Crippen molar-refractivity contribution in [3.05, 3.63) is 42.1 Å². The first kappa shape index (κ1) is 15.3. The summed E-state index contributed by atoms with van der Waals surface area (Å²) in [6, 6.07) is 9.74. The van der Waals surface area contributed by atoms with E-state index in [1.54, 1.807) is 13.1 Å². The van der Waals surface area contributed by atoms with Crippen LogP contribution in [0.4, 0.5) is 10.5 Å². The van der Waals surface area contributed by atoms with Crippen LogP contribution in [-0.2, 0) is 0 Å². The molecule has 5 N–H and O–H groups in total. The van der Waals surface area contributed by atoms with Gasteiger partial charge in [0.1, 0.15) is 11.7 Å². The number of carbonyl (C=O) groups is 2. The van der Waals surface area contributed by atoms with Crippen LogP contribution in [-0.4, -0.2) is 51.4 Å². The number of aliphatic hydroxyl groups is 1. The molecule has 1 aliphatic carbocycles. The van der Waals surface area contributed by atoms with E-state index in [0.29, 0.717) is 17.8 Å². The molecule has 1 aromatic carbocycles. The summed E-state index contributed by atoms with van der Waals surface area (Å²) in [5, 5.41) is 16.9. The Hall–Kier alpha value is -3.00. The fourth-order valence-electron chi connectivity index (χ4n) is 4.56. The average molecular weight is 353 g/mol. The zero-order valence-electron chi connectivity index (χ0n) is 14.1. The lowest BCUT2D eigenvalue weighted by Gasteiger charge is -2.33. The van der Waals surface area contributed by atoms with Gasteiger partial charge in [0.05, 0.1) is 12.1 Å². The second kappa shape index (κ2) is 4.79. The second-order valence-corrected chi connectivity index (χ2v) is 7.23. The van der Waals surface area contributed by atoms with E-state index >= 15 is 0 Å². The highest BCUT2D eigenvalue weighted by Crippen LogP contribution is 2.46. The van der Waals surface area contributed by atoms with Crippen molar-refractivity contribution >= 4 is 17.6 Å². The van der Waals surface area contributed by atoms with Crippen molar-refractivity contribution in [3.63, 3.8) is 0 Å². The molecule has 3 amide bonds. The highest BCUT2D eigenvalue weighted by molar-refractivity contribution is 5.95. The smallest absolute Gasteiger partial charge is 0.319 e. The van der Waals surface area contributed by atoms with Crippen LogP contribution in [0.5, 0.6) is 0 Å². The van der Waals surface area contributed by atoms with Crippen LogP contribution in [0.1, 0.15) is 23.0 Å². The number of urea groups is 1. The minimum atomic E-state index is -1.33. The number of nitrogens with two attached hydrogens (primary N) is 1. The Labute approximate surface area is 149 Å². The zero-order chi connectivity index (χ0) is 18.2. The lowest BCUT2D eigenvalue weighted by atomic mass is 10.0. The Morgan fingerprint density at radius 1 is 1.12 bits per heavy atom. The number of likely N-dealkylation sites (N-methyl/N-ethyl adjacent to an activating group) is 1. The summed E-state index contributed by atoms with van der Waals surface area (Å²) >= 11 is 0. The Morgan fingerprint density at radius 3 is 2.54 bits per heavy atom. The number of nitrogens with zero attached hydrogens (tertiary/aromatic N) is 2. The molecule has 1 saturated carbocycles. The molecule has 2 fully saturated rings. The maximum atomic E-state index is 12.6. The summed E-state index contributed by atoms with van der Waals surface area (Å²) < 4.78 is 1.98. The number of carbonyl (C=O) groups excluding carboxylic acids is 2. The number of hydrogen-bond acceptors (Lipinski definition) is 4. The van der Waals surface area contributed by atoms with Crippen LogP contribution in [0.15, 0.2) is 36.4 Å². The van der Waals surface area contributed by atoms with Crippen LogP contribution < -0.4 is 16.4 Å². The van der Waals surface area contributed by atoms with Crippen molar-refractivity contribution in [2.45, 2.75) is 30.3 Å². The third-order valence-corrected chi connectivity index (χ3v) is 5.93. The number of nitrogens with one attached hydrogen (secondary N) is 2. The summed E-state index contributed by atoms with van der Waals surface area (Å²) in [5.74, 6) is -0.207. The van der Waals surface area contributed by atoms with Gasteiger partial charge < -0.3 is 26.0 Å². The molecule has 2 aromatic rings. The molecule has 26 heavy (non-hydrogen) atoms. The Morgan fingerprint density at radius 2 is 1.81 bits per heavy atom. The van der Waals surface area contributed by atoms with Crippen LogP contribution in [0, 0.1) is 0 Å². The van der Waals surface area contributed by atoms with E-state index < -0.39 is 11.8 Å². The summed E-state index contributed by atoms with van der Waals surface area (Å²) in [4.78, 5) is 25.9. The highest BCUT2D eigenvalue weighted by Gasteiger charge is 2.63. The predicted octanol–water partition coefficient (Wildman–Crippen LogP) is 0.506. The average Bonchev–Trinajstić information content (AvgIpc) is 3.23. The molecule has 5 rings (SSSR count). The van der Waals surface area contributed by atoms with Crippen LogP contribution in [0.3, 0.4) is 0 Å². The zero-order valence-corrected chi connectivity index (χ0v) is 14.1. The van der Waals surface area contributed by atoms with Gasteiger partial charge in [-0.15, -0.1) is 0 Å². The third kappa shape index (κ3) is 1.76. The van der Waals surface area contributed by atoms with Crippen LogP contribution in [0.25, 0.3) is 11.3 Å². The van der Waals surface area contributed by atoms with E-state index in [-0.39, 0.29) is 24.0 Å². The first-order valence-corrected chi connectivity index (χ1v) is 8.55. The lowest BCUT2D eigenvalue weighted by Crippen LogP contribution is -2.56. The SMILES string of the molecule is CN1C(=O)N[C@H]2[C@@H]3NC(=O)c4ccc(-c5ccc(N)cc5)n4[C@@H]3C[C@]21O. The molecule has 1 aromatic heterocycles. The summed E-state index contributed by atoms with van der Waals surface area (Å²) in [7, 11) is 1.58. The molecular weight excluding hydrogens is 334 g/mol. The molecule has 8 heteroatoms. The maximum absolute atomic E-state index is 12.6. The van der Waals surface area contributed by atoms with Crippen molar-refractivity contribution in [2.75, 3.05) is 12.8 Å². The molecule has 3 aliphatic rings. The van der Waals surface area contributed by atoms with E-state index in [4.69, 9.17) is 5.73 Å². The second-order valence-electron chi connectivity index (χ2n) is 7.23. The molecule has 0 unspecified atom stereocenters. The van der Waals surface area contributed by atoms with Crippen molar-refractivity contribution in [2.24, 2.45) is 0 Å². The van der Waals surface area contributed by atoms with Gasteiger partial charge in [-0.25, -0.2) is 4.79 Å². The highest BCUT2D eigenvalue weighted by atomic mass is 16.3. The molecular formula is C18H19N5O3. The van der Waals surface area contributed by atoms with Gasteiger partial charge in [0.2, 0.25) is 0 Å². The number of hydrogen-bond donors (Lipinski definition) is 4. The number of aromatic nitrogens is 1. The normalized spacial score (nSPS) is 31.9. The van der Waals surface area contributed by atoms with Gasteiger partial charge in [-0.1, -0.05) is 12.1 Å².